The first kappa shape index (κ1) is 14.0. The number of nitrogens with two attached hydrogens (primary N) is 1. The minimum absolute atomic E-state index is 0.199. The van der Waals surface area contributed by atoms with Crippen LogP contribution in [0.5, 0.6) is 0 Å². The highest BCUT2D eigenvalue weighted by molar-refractivity contribution is 9.10. The van der Waals surface area contributed by atoms with Gasteiger partial charge in [-0.3, -0.25) is 9.78 Å². The van der Waals surface area contributed by atoms with Crippen molar-refractivity contribution in [3.63, 3.8) is 0 Å². The quantitative estimate of drug-likeness (QED) is 0.927. The molecule has 0 saturated carbocycles. The molecule has 6 heteroatoms. The van der Waals surface area contributed by atoms with Crippen molar-refractivity contribution in [2.75, 3.05) is 11.4 Å². The van der Waals surface area contributed by atoms with Crippen LogP contribution in [0.3, 0.4) is 0 Å². The number of carbonyl (C=O) groups excluding carboxylic acids is 1. The molecule has 108 valence electrons. The predicted octanol–water partition coefficient (Wildman–Crippen LogP) is 2.68. The first-order chi connectivity index (χ1) is 10.2. The van der Waals surface area contributed by atoms with Gasteiger partial charge in [-0.25, -0.2) is 4.98 Å². The molecule has 3 rings (SSSR count). The number of amides is 1. The highest BCUT2D eigenvalue weighted by atomic mass is 79.9. The van der Waals surface area contributed by atoms with Crippen LogP contribution >= 0.6 is 15.9 Å². The van der Waals surface area contributed by atoms with Crippen LogP contribution in [-0.4, -0.2) is 22.4 Å². The molecule has 1 atom stereocenters. The third-order valence-electron chi connectivity index (χ3n) is 3.69. The first-order valence-electron chi connectivity index (χ1n) is 6.80. The Morgan fingerprint density at radius 1 is 1.33 bits per heavy atom. The maximum Gasteiger partial charge on any atom is 0.268 e. The molecular formula is C15H15BrN4O. The van der Waals surface area contributed by atoms with Gasteiger partial charge in [0.25, 0.3) is 5.91 Å². The van der Waals surface area contributed by atoms with Gasteiger partial charge in [0.1, 0.15) is 11.5 Å². The molecule has 1 aliphatic rings. The summed E-state index contributed by atoms with van der Waals surface area (Å²) in [6, 6.07) is 8.41. The molecule has 1 aromatic heterocycles. The van der Waals surface area contributed by atoms with Crippen LogP contribution < -0.4 is 10.6 Å². The summed E-state index contributed by atoms with van der Waals surface area (Å²) in [6.45, 7) is 0.892. The number of hydrogen-bond acceptors (Lipinski definition) is 4. The van der Waals surface area contributed by atoms with Crippen molar-refractivity contribution in [1.29, 1.82) is 0 Å². The Morgan fingerprint density at radius 2 is 2.14 bits per heavy atom. The largest absolute Gasteiger partial charge is 0.364 e. The Balaban J connectivity index is 1.96. The summed E-state index contributed by atoms with van der Waals surface area (Å²) in [6.07, 6.45) is 5.20. The van der Waals surface area contributed by atoms with Crippen LogP contribution in [0.2, 0.25) is 0 Å². The van der Waals surface area contributed by atoms with Crippen molar-refractivity contribution in [1.82, 2.24) is 9.97 Å². The summed E-state index contributed by atoms with van der Waals surface area (Å²) in [7, 11) is 0. The van der Waals surface area contributed by atoms with E-state index in [2.05, 4.69) is 36.9 Å². The van der Waals surface area contributed by atoms with Crippen LogP contribution in [-0.2, 0) is 0 Å². The van der Waals surface area contributed by atoms with Crippen molar-refractivity contribution in [3.05, 3.63) is 52.4 Å². The second-order valence-electron chi connectivity index (χ2n) is 5.00. The standard InChI is InChI=1S/C15H15BrN4O/c16-11-5-2-1-4-10(11)13-6-3-7-20(13)14-9-18-8-12(19-14)15(17)21/h1-2,4-5,8-9,13H,3,6-7H2,(H2,17,21)/t13-/m0/s1. The molecule has 21 heavy (non-hydrogen) atoms. The second-order valence-corrected chi connectivity index (χ2v) is 5.85. The molecule has 2 N–H and O–H groups in total. The van der Waals surface area contributed by atoms with E-state index in [1.54, 1.807) is 6.20 Å². The lowest BCUT2D eigenvalue weighted by Crippen LogP contribution is -2.25. The highest BCUT2D eigenvalue weighted by Crippen LogP contribution is 2.37. The third-order valence-corrected chi connectivity index (χ3v) is 4.41. The molecule has 2 aromatic rings. The first-order valence-corrected chi connectivity index (χ1v) is 7.59. The van der Waals surface area contributed by atoms with Crippen molar-refractivity contribution in [2.24, 2.45) is 5.73 Å². The number of primary amides is 1. The molecule has 0 spiro atoms. The van der Waals surface area contributed by atoms with E-state index in [9.17, 15) is 4.79 Å². The van der Waals surface area contributed by atoms with Gasteiger partial charge in [0.15, 0.2) is 0 Å². The monoisotopic (exact) mass is 346 g/mol. The Bertz CT molecular complexity index is 676. The Morgan fingerprint density at radius 3 is 2.90 bits per heavy atom. The van der Waals surface area contributed by atoms with Gasteiger partial charge in [-0.05, 0) is 24.5 Å². The van der Waals surface area contributed by atoms with Crippen molar-refractivity contribution >= 4 is 27.7 Å². The minimum atomic E-state index is -0.555. The van der Waals surface area contributed by atoms with E-state index >= 15 is 0 Å². The lowest BCUT2D eigenvalue weighted by Gasteiger charge is -2.26. The Hall–Kier alpha value is -1.95. The van der Waals surface area contributed by atoms with Gasteiger partial charge in [-0.15, -0.1) is 0 Å². The van der Waals surface area contributed by atoms with E-state index in [4.69, 9.17) is 5.73 Å². The average Bonchev–Trinajstić information content (AvgIpc) is 2.97. The molecule has 1 saturated heterocycles. The van der Waals surface area contributed by atoms with Crippen LogP contribution in [0, 0.1) is 0 Å². The van der Waals surface area contributed by atoms with Crippen LogP contribution in [0.25, 0.3) is 0 Å². The number of rotatable bonds is 3. The number of nitrogens with zero attached hydrogens (tertiary/aromatic N) is 3. The number of halogens is 1. The zero-order valence-corrected chi connectivity index (χ0v) is 13.0. The maximum absolute atomic E-state index is 11.3. The molecule has 1 amide bonds. The zero-order valence-electron chi connectivity index (χ0n) is 11.4. The molecule has 5 nitrogen and oxygen atoms in total. The number of hydrogen-bond donors (Lipinski definition) is 1. The van der Waals surface area contributed by atoms with E-state index in [-0.39, 0.29) is 11.7 Å². The summed E-state index contributed by atoms with van der Waals surface area (Å²) in [5.74, 6) is 0.144. The summed E-state index contributed by atoms with van der Waals surface area (Å²) in [4.78, 5) is 21.9. The van der Waals surface area contributed by atoms with E-state index in [0.29, 0.717) is 5.82 Å². The molecule has 1 fully saturated rings. The third kappa shape index (κ3) is 2.76. The smallest absolute Gasteiger partial charge is 0.268 e. The van der Waals surface area contributed by atoms with Crippen molar-refractivity contribution < 1.29 is 4.79 Å². The molecule has 0 unspecified atom stereocenters. The minimum Gasteiger partial charge on any atom is -0.364 e. The fourth-order valence-corrected chi connectivity index (χ4v) is 3.27. The Labute approximate surface area is 131 Å². The van der Waals surface area contributed by atoms with E-state index in [1.807, 2.05) is 18.2 Å². The van der Waals surface area contributed by atoms with Gasteiger partial charge in [0.05, 0.1) is 18.4 Å². The van der Waals surface area contributed by atoms with E-state index in [0.717, 1.165) is 23.9 Å². The second kappa shape index (κ2) is 5.81. The SMILES string of the molecule is NC(=O)c1cncc(N2CCC[C@H]2c2ccccc2Br)n1. The topological polar surface area (TPSA) is 72.1 Å². The van der Waals surface area contributed by atoms with Crippen LogP contribution in [0.15, 0.2) is 41.1 Å². The van der Waals surface area contributed by atoms with Crippen molar-refractivity contribution in [2.45, 2.75) is 18.9 Å². The summed E-state index contributed by atoms with van der Waals surface area (Å²) in [5.41, 5.74) is 6.71. The molecule has 0 radical (unpaired) electrons. The molecule has 1 aromatic carbocycles. The fraction of sp³-hybridized carbons (Fsp3) is 0.267. The van der Waals surface area contributed by atoms with Gasteiger partial charge in [-0.1, -0.05) is 34.1 Å². The zero-order chi connectivity index (χ0) is 14.8. The average molecular weight is 347 g/mol. The normalized spacial score (nSPS) is 18.0. The lowest BCUT2D eigenvalue weighted by atomic mass is 10.0. The number of benzene rings is 1. The van der Waals surface area contributed by atoms with Crippen molar-refractivity contribution in [3.8, 4) is 0 Å². The van der Waals surface area contributed by atoms with E-state index < -0.39 is 5.91 Å². The van der Waals surface area contributed by atoms with Gasteiger partial charge in [0.2, 0.25) is 0 Å². The van der Waals surface area contributed by atoms with Crippen LogP contribution in [0.1, 0.15) is 34.9 Å². The molecule has 0 aliphatic carbocycles. The molecule has 1 aliphatic heterocycles. The molecular weight excluding hydrogens is 332 g/mol. The number of anilines is 1. The molecule has 2 heterocycles. The maximum atomic E-state index is 11.3. The van der Waals surface area contributed by atoms with Gasteiger partial charge < -0.3 is 10.6 Å². The summed E-state index contributed by atoms with van der Waals surface area (Å²) in [5, 5.41) is 0. The Kier molecular flexibility index (Phi) is 3.88. The lowest BCUT2D eigenvalue weighted by molar-refractivity contribution is 0.0995. The predicted molar refractivity (Wildman–Crippen MR) is 84.0 cm³/mol. The van der Waals surface area contributed by atoms with Crippen LogP contribution in [0.4, 0.5) is 5.82 Å². The summed E-state index contributed by atoms with van der Waals surface area (Å²) >= 11 is 3.61. The van der Waals surface area contributed by atoms with Gasteiger partial charge in [-0.2, -0.15) is 0 Å². The number of carbonyl (C=O) groups is 1. The van der Waals surface area contributed by atoms with E-state index in [1.165, 1.54) is 11.8 Å². The molecule has 0 bridgehead atoms. The highest BCUT2D eigenvalue weighted by Gasteiger charge is 2.28. The number of aromatic nitrogens is 2. The van der Waals surface area contributed by atoms with Gasteiger partial charge >= 0.3 is 0 Å². The fourth-order valence-electron chi connectivity index (χ4n) is 2.72. The van der Waals surface area contributed by atoms with Gasteiger partial charge in [0, 0.05) is 11.0 Å². The summed E-state index contributed by atoms with van der Waals surface area (Å²) < 4.78 is 1.08.